The van der Waals surface area contributed by atoms with Crippen LogP contribution in [0.1, 0.15) is 45.8 Å². The van der Waals surface area contributed by atoms with Gasteiger partial charge in [0.15, 0.2) is 0 Å². The average molecular weight is 450 g/mol. The third-order valence-corrected chi connectivity index (χ3v) is 5.66. The van der Waals surface area contributed by atoms with E-state index in [4.69, 9.17) is 21.4 Å². The van der Waals surface area contributed by atoms with Gasteiger partial charge in [0.2, 0.25) is 0 Å². The van der Waals surface area contributed by atoms with Gasteiger partial charge in [0.05, 0.1) is 6.42 Å². The molecular formula is C26H24ClNO4. The SMILES string of the molecule is O=C(O)Cc1ccc(Oc2ccc(C(=O)NCCc3ccc(Cl)cc3)cc2)c(C2CC2)c1. The van der Waals surface area contributed by atoms with Crippen molar-refractivity contribution in [2.24, 2.45) is 0 Å². The molecule has 0 bridgehead atoms. The Morgan fingerprint density at radius 1 is 0.969 bits per heavy atom. The van der Waals surface area contributed by atoms with E-state index < -0.39 is 5.97 Å². The summed E-state index contributed by atoms with van der Waals surface area (Å²) < 4.78 is 6.06. The van der Waals surface area contributed by atoms with Crippen molar-refractivity contribution in [2.45, 2.75) is 31.6 Å². The molecule has 3 aromatic carbocycles. The first kappa shape index (κ1) is 21.9. The van der Waals surface area contributed by atoms with Crippen molar-refractivity contribution in [2.75, 3.05) is 6.54 Å². The number of rotatable bonds is 9. The van der Waals surface area contributed by atoms with Crippen molar-refractivity contribution < 1.29 is 19.4 Å². The van der Waals surface area contributed by atoms with E-state index in [9.17, 15) is 9.59 Å². The molecule has 0 atom stereocenters. The highest BCUT2D eigenvalue weighted by atomic mass is 35.5. The highest BCUT2D eigenvalue weighted by molar-refractivity contribution is 6.30. The Bertz CT molecular complexity index is 1110. The van der Waals surface area contributed by atoms with Gasteiger partial charge in [0, 0.05) is 17.1 Å². The Balaban J connectivity index is 1.35. The zero-order chi connectivity index (χ0) is 22.5. The molecule has 0 spiro atoms. The Hall–Kier alpha value is -3.31. The Morgan fingerprint density at radius 2 is 1.66 bits per heavy atom. The number of amides is 1. The first-order valence-electron chi connectivity index (χ1n) is 10.6. The molecule has 0 unspecified atom stereocenters. The van der Waals surface area contributed by atoms with Gasteiger partial charge in [-0.05, 0) is 84.3 Å². The Labute approximate surface area is 192 Å². The van der Waals surface area contributed by atoms with Crippen LogP contribution < -0.4 is 10.1 Å². The van der Waals surface area contributed by atoms with Crippen LogP contribution in [-0.4, -0.2) is 23.5 Å². The van der Waals surface area contributed by atoms with Gasteiger partial charge in [-0.1, -0.05) is 35.9 Å². The summed E-state index contributed by atoms with van der Waals surface area (Å²) in [4.78, 5) is 23.4. The Kier molecular flexibility index (Phi) is 6.76. The second-order valence-electron chi connectivity index (χ2n) is 7.98. The number of carbonyl (C=O) groups excluding carboxylic acids is 1. The molecule has 0 heterocycles. The number of carboxylic acids is 1. The van der Waals surface area contributed by atoms with E-state index in [1.165, 1.54) is 0 Å². The zero-order valence-corrected chi connectivity index (χ0v) is 18.3. The van der Waals surface area contributed by atoms with Crippen LogP contribution in [0.4, 0.5) is 0 Å². The van der Waals surface area contributed by atoms with Crippen LogP contribution in [0.3, 0.4) is 0 Å². The van der Waals surface area contributed by atoms with Crippen molar-refractivity contribution in [3.8, 4) is 11.5 Å². The van der Waals surface area contributed by atoms with Gasteiger partial charge < -0.3 is 15.2 Å². The summed E-state index contributed by atoms with van der Waals surface area (Å²) >= 11 is 5.89. The minimum atomic E-state index is -0.845. The van der Waals surface area contributed by atoms with Crippen LogP contribution in [0.15, 0.2) is 66.7 Å². The van der Waals surface area contributed by atoms with Crippen LogP contribution in [-0.2, 0) is 17.6 Å². The summed E-state index contributed by atoms with van der Waals surface area (Å²) in [6.45, 7) is 0.534. The van der Waals surface area contributed by atoms with Gasteiger partial charge in [-0.3, -0.25) is 9.59 Å². The van der Waals surface area contributed by atoms with E-state index in [1.54, 1.807) is 30.3 Å². The number of carbonyl (C=O) groups is 2. The van der Waals surface area contributed by atoms with E-state index in [-0.39, 0.29) is 12.3 Å². The van der Waals surface area contributed by atoms with Crippen molar-refractivity contribution in [1.82, 2.24) is 5.32 Å². The minimum absolute atomic E-state index is 0.00181. The maximum Gasteiger partial charge on any atom is 0.307 e. The normalized spacial score (nSPS) is 12.9. The van der Waals surface area contributed by atoms with Crippen molar-refractivity contribution >= 4 is 23.5 Å². The molecule has 164 valence electrons. The molecule has 1 fully saturated rings. The fraction of sp³-hybridized carbons (Fsp3) is 0.231. The van der Waals surface area contributed by atoms with Crippen LogP contribution in [0.5, 0.6) is 11.5 Å². The third-order valence-electron chi connectivity index (χ3n) is 5.40. The van der Waals surface area contributed by atoms with Crippen molar-refractivity contribution in [1.29, 1.82) is 0 Å². The maximum absolute atomic E-state index is 12.4. The number of hydrogen-bond donors (Lipinski definition) is 2. The van der Waals surface area contributed by atoms with Gasteiger partial charge >= 0.3 is 5.97 Å². The molecule has 5 nitrogen and oxygen atoms in total. The first-order valence-corrected chi connectivity index (χ1v) is 11.0. The van der Waals surface area contributed by atoms with Crippen LogP contribution in [0.2, 0.25) is 5.02 Å². The molecule has 3 aromatic rings. The molecular weight excluding hydrogens is 426 g/mol. The molecule has 6 heteroatoms. The molecule has 0 radical (unpaired) electrons. The van der Waals surface area contributed by atoms with Crippen molar-refractivity contribution in [3.63, 3.8) is 0 Å². The van der Waals surface area contributed by atoms with Crippen LogP contribution >= 0.6 is 11.6 Å². The van der Waals surface area contributed by atoms with E-state index in [0.29, 0.717) is 28.8 Å². The Morgan fingerprint density at radius 3 is 2.31 bits per heavy atom. The fourth-order valence-corrected chi connectivity index (χ4v) is 3.69. The molecule has 0 aliphatic heterocycles. The summed E-state index contributed by atoms with van der Waals surface area (Å²) in [5, 5.41) is 12.7. The summed E-state index contributed by atoms with van der Waals surface area (Å²) in [6, 6.07) is 20.2. The van der Waals surface area contributed by atoms with Crippen LogP contribution in [0.25, 0.3) is 0 Å². The molecule has 32 heavy (non-hydrogen) atoms. The number of ether oxygens (including phenoxy) is 1. The third kappa shape index (κ3) is 5.89. The molecule has 0 aromatic heterocycles. The smallest absolute Gasteiger partial charge is 0.307 e. The first-order chi connectivity index (χ1) is 15.5. The summed E-state index contributed by atoms with van der Waals surface area (Å²) in [7, 11) is 0. The molecule has 4 rings (SSSR count). The predicted molar refractivity (Wildman–Crippen MR) is 124 cm³/mol. The number of hydrogen-bond acceptors (Lipinski definition) is 3. The van der Waals surface area contributed by atoms with Crippen molar-refractivity contribution in [3.05, 3.63) is 94.0 Å². The highest BCUT2D eigenvalue weighted by Gasteiger charge is 2.27. The lowest BCUT2D eigenvalue weighted by molar-refractivity contribution is -0.136. The summed E-state index contributed by atoms with van der Waals surface area (Å²) in [6.07, 6.45) is 2.90. The predicted octanol–water partition coefficient (Wildman–Crippen LogP) is 5.61. The lowest BCUT2D eigenvalue weighted by Gasteiger charge is -2.13. The number of carboxylic acid groups (broad SMARTS) is 1. The van der Waals surface area contributed by atoms with Gasteiger partial charge in [-0.25, -0.2) is 0 Å². The number of benzene rings is 3. The number of nitrogens with one attached hydrogen (secondary N) is 1. The van der Waals surface area contributed by atoms with E-state index in [2.05, 4.69) is 5.32 Å². The quantitative estimate of drug-likeness (QED) is 0.445. The molecule has 1 amide bonds. The van der Waals surface area contributed by atoms with Gasteiger partial charge in [0.25, 0.3) is 5.91 Å². The zero-order valence-electron chi connectivity index (χ0n) is 17.5. The highest BCUT2D eigenvalue weighted by Crippen LogP contribution is 2.45. The molecule has 1 aliphatic carbocycles. The largest absolute Gasteiger partial charge is 0.481 e. The van der Waals surface area contributed by atoms with E-state index in [1.807, 2.05) is 36.4 Å². The molecule has 2 N–H and O–H groups in total. The monoisotopic (exact) mass is 449 g/mol. The summed E-state index contributed by atoms with van der Waals surface area (Å²) in [5.74, 6) is 0.812. The molecule has 0 saturated heterocycles. The van der Waals surface area contributed by atoms with E-state index >= 15 is 0 Å². The molecule has 1 saturated carbocycles. The topological polar surface area (TPSA) is 75.6 Å². The minimum Gasteiger partial charge on any atom is -0.481 e. The van der Waals surface area contributed by atoms with Crippen LogP contribution in [0, 0.1) is 0 Å². The van der Waals surface area contributed by atoms with Gasteiger partial charge in [-0.15, -0.1) is 0 Å². The summed E-state index contributed by atoms with van der Waals surface area (Å²) in [5.41, 5.74) is 3.50. The lowest BCUT2D eigenvalue weighted by Crippen LogP contribution is -2.25. The van der Waals surface area contributed by atoms with Gasteiger partial charge in [0.1, 0.15) is 11.5 Å². The fourth-order valence-electron chi connectivity index (χ4n) is 3.56. The van der Waals surface area contributed by atoms with E-state index in [0.717, 1.165) is 41.7 Å². The number of halogens is 1. The number of aliphatic carboxylic acids is 1. The standard InChI is InChI=1S/C26H24ClNO4/c27-21-8-1-17(2-9-21)13-14-28-26(31)20-6-10-22(11-7-20)32-24-12-3-18(16-25(29)30)15-23(24)19-4-5-19/h1-3,6-12,15,19H,4-5,13-14,16H2,(H,28,31)(H,29,30). The maximum atomic E-state index is 12.4. The lowest BCUT2D eigenvalue weighted by atomic mass is 10.0. The van der Waals surface area contributed by atoms with Gasteiger partial charge in [-0.2, -0.15) is 0 Å². The molecule has 1 aliphatic rings. The average Bonchev–Trinajstić information content (AvgIpc) is 3.61. The second-order valence-corrected chi connectivity index (χ2v) is 8.41. The second kappa shape index (κ2) is 9.88.